The maximum Gasteiger partial charge on any atom is 0.573 e. The van der Waals surface area contributed by atoms with Gasteiger partial charge < -0.3 is 10.1 Å². The van der Waals surface area contributed by atoms with Crippen LogP contribution in [-0.4, -0.2) is 27.7 Å². The maximum absolute atomic E-state index is 12.6. The van der Waals surface area contributed by atoms with Gasteiger partial charge in [-0.1, -0.05) is 29.3 Å². The number of alkyl halides is 3. The summed E-state index contributed by atoms with van der Waals surface area (Å²) in [6.45, 7) is 0. The van der Waals surface area contributed by atoms with Crippen molar-refractivity contribution in [3.05, 3.63) is 58.1 Å². The molecular formula is C16H13Cl2F3N2O4S. The molecule has 1 amide bonds. The van der Waals surface area contributed by atoms with Crippen LogP contribution in [0.15, 0.2) is 47.4 Å². The van der Waals surface area contributed by atoms with E-state index in [2.05, 4.69) is 14.8 Å². The third kappa shape index (κ3) is 5.74. The van der Waals surface area contributed by atoms with E-state index < -0.39 is 34.1 Å². The molecule has 0 radical (unpaired) electrons. The van der Waals surface area contributed by atoms with Crippen LogP contribution in [0, 0.1) is 0 Å². The standard InChI is InChI=1S/C16H13Cl2F3N2O4S/c1-22-15(24)14(9-2-7-12(17)13(18)8-9)23-28(25,26)11-5-3-10(4-6-11)27-16(19,20)21/h2-8,14,23H,1H3,(H,22,24). The van der Waals surface area contributed by atoms with Crippen molar-refractivity contribution in [3.63, 3.8) is 0 Å². The molecule has 0 saturated carbocycles. The van der Waals surface area contributed by atoms with Gasteiger partial charge in [0.15, 0.2) is 0 Å². The Hall–Kier alpha value is -2.01. The lowest BCUT2D eigenvalue weighted by Crippen LogP contribution is -2.39. The van der Waals surface area contributed by atoms with Crippen molar-refractivity contribution in [2.75, 3.05) is 7.05 Å². The van der Waals surface area contributed by atoms with Crippen molar-refractivity contribution in [2.24, 2.45) is 0 Å². The molecule has 0 aliphatic heterocycles. The van der Waals surface area contributed by atoms with Crippen LogP contribution in [0.2, 0.25) is 10.0 Å². The van der Waals surface area contributed by atoms with Crippen LogP contribution in [0.4, 0.5) is 13.2 Å². The highest BCUT2D eigenvalue weighted by atomic mass is 35.5. The number of carbonyl (C=O) groups excluding carboxylic acids is 1. The number of hydrogen-bond acceptors (Lipinski definition) is 4. The van der Waals surface area contributed by atoms with E-state index in [-0.39, 0.29) is 20.5 Å². The smallest absolute Gasteiger partial charge is 0.406 e. The number of hydrogen-bond donors (Lipinski definition) is 2. The van der Waals surface area contributed by atoms with Crippen molar-refractivity contribution < 1.29 is 31.1 Å². The Bertz CT molecular complexity index is 967. The molecule has 0 bridgehead atoms. The Morgan fingerprint density at radius 1 is 1.07 bits per heavy atom. The van der Waals surface area contributed by atoms with E-state index >= 15 is 0 Å². The number of nitrogens with one attached hydrogen (secondary N) is 2. The highest BCUT2D eigenvalue weighted by Gasteiger charge is 2.31. The lowest BCUT2D eigenvalue weighted by Gasteiger charge is -2.18. The van der Waals surface area contributed by atoms with E-state index in [9.17, 15) is 26.4 Å². The van der Waals surface area contributed by atoms with Gasteiger partial charge >= 0.3 is 6.36 Å². The summed E-state index contributed by atoms with van der Waals surface area (Å²) in [7, 11) is -2.96. The molecule has 2 aromatic rings. The van der Waals surface area contributed by atoms with Gasteiger partial charge in [-0.05, 0) is 42.0 Å². The third-order valence-corrected chi connectivity index (χ3v) is 5.60. The van der Waals surface area contributed by atoms with Crippen LogP contribution in [0.1, 0.15) is 11.6 Å². The average molecular weight is 457 g/mol. The molecule has 0 fully saturated rings. The molecule has 0 aliphatic carbocycles. The topological polar surface area (TPSA) is 84.5 Å². The molecule has 0 saturated heterocycles. The number of ether oxygens (including phenoxy) is 1. The predicted molar refractivity (Wildman–Crippen MR) is 96.7 cm³/mol. The number of amides is 1. The zero-order valence-corrected chi connectivity index (χ0v) is 16.4. The summed E-state index contributed by atoms with van der Waals surface area (Å²) in [4.78, 5) is 11.8. The molecule has 1 atom stereocenters. The minimum Gasteiger partial charge on any atom is -0.406 e. The molecule has 0 heterocycles. The molecule has 0 aliphatic rings. The molecule has 6 nitrogen and oxygen atoms in total. The van der Waals surface area contributed by atoms with E-state index in [1.54, 1.807) is 0 Å². The van der Waals surface area contributed by atoms with E-state index in [4.69, 9.17) is 23.2 Å². The fourth-order valence-corrected chi connectivity index (χ4v) is 3.64. The van der Waals surface area contributed by atoms with Gasteiger partial charge in [0.1, 0.15) is 11.8 Å². The molecule has 12 heteroatoms. The number of sulfonamides is 1. The lowest BCUT2D eigenvalue weighted by atomic mass is 10.1. The number of rotatable bonds is 6. The summed E-state index contributed by atoms with van der Waals surface area (Å²) in [5.74, 6) is -1.27. The van der Waals surface area contributed by atoms with E-state index in [0.717, 1.165) is 24.3 Å². The zero-order valence-electron chi connectivity index (χ0n) is 14.0. The Balaban J connectivity index is 2.32. The van der Waals surface area contributed by atoms with Crippen molar-refractivity contribution in [2.45, 2.75) is 17.3 Å². The molecule has 28 heavy (non-hydrogen) atoms. The SMILES string of the molecule is CNC(=O)C(NS(=O)(=O)c1ccc(OC(F)(F)F)cc1)c1ccc(Cl)c(Cl)c1. The molecular weight excluding hydrogens is 444 g/mol. The number of carbonyl (C=O) groups is 1. The fraction of sp³-hybridized carbons (Fsp3) is 0.188. The zero-order chi connectivity index (χ0) is 21.1. The monoisotopic (exact) mass is 456 g/mol. The van der Waals surface area contributed by atoms with Crippen molar-refractivity contribution >= 4 is 39.1 Å². The van der Waals surface area contributed by atoms with Crippen molar-refractivity contribution in [3.8, 4) is 5.75 Å². The van der Waals surface area contributed by atoms with Crippen LogP contribution in [0.3, 0.4) is 0 Å². The summed E-state index contributed by atoms with van der Waals surface area (Å²) >= 11 is 11.7. The van der Waals surface area contributed by atoms with Crippen LogP contribution in [0.5, 0.6) is 5.75 Å². The molecule has 0 aromatic heterocycles. The maximum atomic E-state index is 12.6. The summed E-state index contributed by atoms with van der Waals surface area (Å²) in [6.07, 6.45) is -4.91. The van der Waals surface area contributed by atoms with Gasteiger partial charge in [-0.25, -0.2) is 8.42 Å². The van der Waals surface area contributed by atoms with Crippen LogP contribution in [0.25, 0.3) is 0 Å². The van der Waals surface area contributed by atoms with Gasteiger partial charge in [0.2, 0.25) is 15.9 Å². The Kier molecular flexibility index (Phi) is 6.81. The quantitative estimate of drug-likeness (QED) is 0.694. The van der Waals surface area contributed by atoms with Crippen molar-refractivity contribution in [1.29, 1.82) is 0 Å². The minimum absolute atomic E-state index is 0.112. The van der Waals surface area contributed by atoms with Gasteiger partial charge in [0, 0.05) is 7.05 Å². The van der Waals surface area contributed by atoms with Gasteiger partial charge in [-0.15, -0.1) is 13.2 Å². The summed E-state index contributed by atoms with van der Waals surface area (Å²) in [5.41, 5.74) is 0.217. The summed E-state index contributed by atoms with van der Waals surface area (Å²) in [6, 6.07) is 6.30. The minimum atomic E-state index is -4.91. The molecule has 0 spiro atoms. The van der Waals surface area contributed by atoms with E-state index in [1.807, 2.05) is 0 Å². The Morgan fingerprint density at radius 2 is 1.68 bits per heavy atom. The molecule has 2 rings (SSSR count). The number of benzene rings is 2. The second-order valence-electron chi connectivity index (χ2n) is 5.36. The highest BCUT2D eigenvalue weighted by molar-refractivity contribution is 7.89. The first kappa shape index (κ1) is 22.3. The summed E-state index contributed by atoms with van der Waals surface area (Å²) < 4.78 is 67.6. The van der Waals surface area contributed by atoms with Gasteiger partial charge in [-0.2, -0.15) is 4.72 Å². The first-order valence-corrected chi connectivity index (χ1v) is 9.71. The molecule has 152 valence electrons. The normalized spacial score (nSPS) is 13.1. The Morgan fingerprint density at radius 3 is 2.18 bits per heavy atom. The van der Waals surface area contributed by atoms with Crippen LogP contribution >= 0.6 is 23.2 Å². The first-order chi connectivity index (χ1) is 12.9. The number of likely N-dealkylation sites (N-methyl/N-ethyl adjacent to an activating group) is 1. The van der Waals surface area contributed by atoms with Crippen molar-refractivity contribution in [1.82, 2.24) is 10.0 Å². The molecule has 1 unspecified atom stereocenters. The lowest BCUT2D eigenvalue weighted by molar-refractivity contribution is -0.274. The largest absolute Gasteiger partial charge is 0.573 e. The Labute approximate surface area is 168 Å². The molecule has 2 aromatic carbocycles. The highest BCUT2D eigenvalue weighted by Crippen LogP contribution is 2.28. The second-order valence-corrected chi connectivity index (χ2v) is 7.89. The van der Waals surface area contributed by atoms with Crippen LogP contribution < -0.4 is 14.8 Å². The van der Waals surface area contributed by atoms with Crippen LogP contribution in [-0.2, 0) is 14.8 Å². The summed E-state index contributed by atoms with van der Waals surface area (Å²) in [5, 5.41) is 2.64. The third-order valence-electron chi connectivity index (χ3n) is 3.43. The predicted octanol–water partition coefficient (Wildman–Crippen LogP) is 3.66. The van der Waals surface area contributed by atoms with Gasteiger partial charge in [-0.3, -0.25) is 4.79 Å². The number of halogens is 5. The van der Waals surface area contributed by atoms with Gasteiger partial charge in [0.25, 0.3) is 0 Å². The van der Waals surface area contributed by atoms with Gasteiger partial charge in [0.05, 0.1) is 14.9 Å². The second kappa shape index (κ2) is 8.56. The first-order valence-electron chi connectivity index (χ1n) is 7.47. The van der Waals surface area contributed by atoms with E-state index in [1.165, 1.54) is 25.2 Å². The average Bonchev–Trinajstić information content (AvgIpc) is 2.60. The van der Waals surface area contributed by atoms with E-state index in [0.29, 0.717) is 0 Å². The molecule has 2 N–H and O–H groups in total. The fourth-order valence-electron chi connectivity index (χ4n) is 2.15.